The van der Waals surface area contributed by atoms with E-state index in [-0.39, 0.29) is 12.6 Å². The largest absolute Gasteiger partial charge is 0.356 e. The number of hydrogen-bond donors (Lipinski definition) is 1. The van der Waals surface area contributed by atoms with E-state index >= 15 is 0 Å². The van der Waals surface area contributed by atoms with E-state index in [0.717, 1.165) is 6.42 Å². The second-order valence-electron chi connectivity index (χ2n) is 3.73. The molecule has 0 unspecified atom stereocenters. The molecule has 1 aromatic rings. The molecular formula is C13H18FNO. The van der Waals surface area contributed by atoms with Crippen molar-refractivity contribution < 1.29 is 9.18 Å². The van der Waals surface area contributed by atoms with Gasteiger partial charge in [0.05, 0.1) is 6.67 Å². The Morgan fingerprint density at radius 2 is 1.94 bits per heavy atom. The lowest BCUT2D eigenvalue weighted by Gasteiger charge is -2.04. The zero-order chi connectivity index (χ0) is 11.6. The van der Waals surface area contributed by atoms with Crippen molar-refractivity contribution in [1.82, 2.24) is 5.32 Å². The van der Waals surface area contributed by atoms with Crippen molar-refractivity contribution in [3.05, 3.63) is 35.9 Å². The lowest BCUT2D eigenvalue weighted by Crippen LogP contribution is -2.24. The number of rotatable bonds is 7. The Kier molecular flexibility index (Phi) is 6.23. The van der Waals surface area contributed by atoms with E-state index < -0.39 is 0 Å². The molecule has 0 aromatic heterocycles. The van der Waals surface area contributed by atoms with Crippen molar-refractivity contribution >= 4 is 5.91 Å². The van der Waals surface area contributed by atoms with Gasteiger partial charge in [-0.15, -0.1) is 0 Å². The highest BCUT2D eigenvalue weighted by atomic mass is 19.1. The van der Waals surface area contributed by atoms with Gasteiger partial charge in [-0.3, -0.25) is 9.18 Å². The molecule has 0 saturated heterocycles. The molecule has 0 saturated carbocycles. The smallest absolute Gasteiger partial charge is 0.220 e. The van der Waals surface area contributed by atoms with Crippen LogP contribution in [0.3, 0.4) is 0 Å². The van der Waals surface area contributed by atoms with E-state index in [1.165, 1.54) is 5.56 Å². The van der Waals surface area contributed by atoms with Crippen LogP contribution in [-0.4, -0.2) is 19.1 Å². The van der Waals surface area contributed by atoms with Gasteiger partial charge in [0, 0.05) is 13.0 Å². The Labute approximate surface area is 95.9 Å². The molecule has 1 amide bonds. The molecule has 0 bridgehead atoms. The van der Waals surface area contributed by atoms with Crippen molar-refractivity contribution in [2.45, 2.75) is 25.7 Å². The SMILES string of the molecule is O=C(CCc1ccccc1)NCCCCF. The van der Waals surface area contributed by atoms with E-state index in [9.17, 15) is 9.18 Å². The molecule has 0 aliphatic carbocycles. The zero-order valence-electron chi connectivity index (χ0n) is 9.42. The summed E-state index contributed by atoms with van der Waals surface area (Å²) in [6.07, 6.45) is 2.50. The second-order valence-corrected chi connectivity index (χ2v) is 3.73. The molecule has 88 valence electrons. The quantitative estimate of drug-likeness (QED) is 0.707. The normalized spacial score (nSPS) is 10.1. The van der Waals surface area contributed by atoms with E-state index in [4.69, 9.17) is 0 Å². The van der Waals surface area contributed by atoms with Gasteiger partial charge in [0.25, 0.3) is 0 Å². The maximum Gasteiger partial charge on any atom is 0.220 e. The van der Waals surface area contributed by atoms with Crippen molar-refractivity contribution in [2.24, 2.45) is 0 Å². The van der Waals surface area contributed by atoms with Crippen LogP contribution >= 0.6 is 0 Å². The minimum Gasteiger partial charge on any atom is -0.356 e. The topological polar surface area (TPSA) is 29.1 Å². The Morgan fingerprint density at radius 3 is 2.62 bits per heavy atom. The minimum absolute atomic E-state index is 0.0442. The lowest BCUT2D eigenvalue weighted by molar-refractivity contribution is -0.121. The summed E-state index contributed by atoms with van der Waals surface area (Å²) in [7, 11) is 0. The van der Waals surface area contributed by atoms with Crippen LogP contribution < -0.4 is 5.32 Å². The van der Waals surface area contributed by atoms with Crippen LogP contribution in [-0.2, 0) is 11.2 Å². The maximum absolute atomic E-state index is 11.8. The van der Waals surface area contributed by atoms with E-state index in [1.54, 1.807) is 0 Å². The first kappa shape index (κ1) is 12.7. The monoisotopic (exact) mass is 223 g/mol. The molecule has 2 nitrogen and oxygen atoms in total. The first-order valence-electron chi connectivity index (χ1n) is 5.69. The Hall–Kier alpha value is -1.38. The molecule has 3 heteroatoms. The van der Waals surface area contributed by atoms with Crippen LogP contribution in [0.15, 0.2) is 30.3 Å². The fraction of sp³-hybridized carbons (Fsp3) is 0.462. The standard InChI is InChI=1S/C13H18FNO/c14-10-4-5-11-15-13(16)9-8-12-6-2-1-3-7-12/h1-3,6-7H,4-5,8-11H2,(H,15,16). The predicted molar refractivity (Wildman–Crippen MR) is 63.0 cm³/mol. The molecule has 0 spiro atoms. The van der Waals surface area contributed by atoms with Crippen molar-refractivity contribution in [3.8, 4) is 0 Å². The number of nitrogens with one attached hydrogen (secondary N) is 1. The van der Waals surface area contributed by atoms with Gasteiger partial charge in [0.1, 0.15) is 0 Å². The van der Waals surface area contributed by atoms with Gasteiger partial charge in [-0.1, -0.05) is 30.3 Å². The van der Waals surface area contributed by atoms with Crippen LogP contribution in [0.4, 0.5) is 4.39 Å². The summed E-state index contributed by atoms with van der Waals surface area (Å²) in [5, 5.41) is 2.78. The van der Waals surface area contributed by atoms with E-state index in [0.29, 0.717) is 25.8 Å². The zero-order valence-corrected chi connectivity index (χ0v) is 9.42. The molecule has 0 fully saturated rings. The van der Waals surface area contributed by atoms with Crippen molar-refractivity contribution in [3.63, 3.8) is 0 Å². The number of alkyl halides is 1. The van der Waals surface area contributed by atoms with Gasteiger partial charge >= 0.3 is 0 Å². The second kappa shape index (κ2) is 7.85. The lowest BCUT2D eigenvalue weighted by atomic mass is 10.1. The summed E-state index contributed by atoms with van der Waals surface area (Å²) in [6, 6.07) is 9.91. The van der Waals surface area contributed by atoms with Crippen LogP contribution in [0.25, 0.3) is 0 Å². The third kappa shape index (κ3) is 5.49. The maximum atomic E-state index is 11.8. The number of benzene rings is 1. The van der Waals surface area contributed by atoms with Crippen LogP contribution in [0.2, 0.25) is 0 Å². The van der Waals surface area contributed by atoms with E-state index in [1.807, 2.05) is 30.3 Å². The number of hydrogen-bond acceptors (Lipinski definition) is 1. The highest BCUT2D eigenvalue weighted by Crippen LogP contribution is 2.02. The van der Waals surface area contributed by atoms with Gasteiger partial charge in [-0.2, -0.15) is 0 Å². The van der Waals surface area contributed by atoms with E-state index in [2.05, 4.69) is 5.32 Å². The Morgan fingerprint density at radius 1 is 1.19 bits per heavy atom. The summed E-state index contributed by atoms with van der Waals surface area (Å²) in [6.45, 7) is 0.275. The molecular weight excluding hydrogens is 205 g/mol. The Bertz CT molecular complexity index is 300. The summed E-state index contributed by atoms with van der Waals surface area (Å²) in [4.78, 5) is 11.4. The molecule has 0 radical (unpaired) electrons. The summed E-state index contributed by atoms with van der Waals surface area (Å²) < 4.78 is 11.8. The van der Waals surface area contributed by atoms with Gasteiger partial charge in [0.2, 0.25) is 5.91 Å². The summed E-state index contributed by atoms with van der Waals surface area (Å²) in [5.41, 5.74) is 1.17. The predicted octanol–water partition coefficient (Wildman–Crippen LogP) is 2.49. The van der Waals surface area contributed by atoms with Crippen LogP contribution in [0.5, 0.6) is 0 Å². The molecule has 1 N–H and O–H groups in total. The number of unbranched alkanes of at least 4 members (excludes halogenated alkanes) is 1. The summed E-state index contributed by atoms with van der Waals surface area (Å²) in [5.74, 6) is 0.0442. The van der Waals surface area contributed by atoms with Gasteiger partial charge in [0.15, 0.2) is 0 Å². The minimum atomic E-state index is -0.306. The van der Waals surface area contributed by atoms with Crippen molar-refractivity contribution in [1.29, 1.82) is 0 Å². The average molecular weight is 223 g/mol. The average Bonchev–Trinajstić information content (AvgIpc) is 2.33. The number of carbonyl (C=O) groups is 1. The highest BCUT2D eigenvalue weighted by molar-refractivity contribution is 5.76. The highest BCUT2D eigenvalue weighted by Gasteiger charge is 2.00. The number of carbonyl (C=O) groups excluding carboxylic acids is 1. The Balaban J connectivity index is 2.11. The number of amides is 1. The third-order valence-corrected chi connectivity index (χ3v) is 2.37. The first-order valence-corrected chi connectivity index (χ1v) is 5.69. The van der Waals surface area contributed by atoms with Gasteiger partial charge in [-0.05, 0) is 24.8 Å². The number of halogens is 1. The molecule has 1 rings (SSSR count). The summed E-state index contributed by atoms with van der Waals surface area (Å²) >= 11 is 0. The molecule has 0 aliphatic rings. The molecule has 0 heterocycles. The fourth-order valence-corrected chi connectivity index (χ4v) is 1.44. The van der Waals surface area contributed by atoms with Gasteiger partial charge < -0.3 is 5.32 Å². The fourth-order valence-electron chi connectivity index (χ4n) is 1.44. The third-order valence-electron chi connectivity index (χ3n) is 2.37. The number of aryl methyl sites for hydroxylation is 1. The van der Waals surface area contributed by atoms with Gasteiger partial charge in [-0.25, -0.2) is 0 Å². The molecule has 1 aromatic carbocycles. The first-order chi connectivity index (χ1) is 7.83. The van der Waals surface area contributed by atoms with Crippen LogP contribution in [0, 0.1) is 0 Å². The molecule has 0 atom stereocenters. The van der Waals surface area contributed by atoms with Crippen molar-refractivity contribution in [2.75, 3.05) is 13.2 Å². The van der Waals surface area contributed by atoms with Crippen LogP contribution in [0.1, 0.15) is 24.8 Å². The molecule has 0 aliphatic heterocycles. The molecule has 16 heavy (non-hydrogen) atoms.